The molecule has 1 fully saturated rings. The molecule has 146 valence electrons. The van der Waals surface area contributed by atoms with Crippen LogP contribution in [0.4, 0.5) is 5.95 Å². The molecule has 0 spiro atoms. The maximum absolute atomic E-state index is 12.6. The number of anilines is 1. The largest absolute Gasteiger partial charge is 0.464 e. The molecule has 7 nitrogen and oxygen atoms in total. The van der Waals surface area contributed by atoms with E-state index in [2.05, 4.69) is 9.88 Å². The Morgan fingerprint density at radius 2 is 1.72 bits per heavy atom. The van der Waals surface area contributed by atoms with Crippen molar-refractivity contribution in [3.8, 4) is 22.8 Å². The molecule has 1 aliphatic rings. The fourth-order valence-corrected chi connectivity index (χ4v) is 4.09. The van der Waals surface area contributed by atoms with Gasteiger partial charge in [0.25, 0.3) is 5.91 Å². The highest BCUT2D eigenvalue weighted by Gasteiger charge is 2.25. The van der Waals surface area contributed by atoms with E-state index in [-0.39, 0.29) is 5.91 Å². The van der Waals surface area contributed by atoms with Crippen LogP contribution >= 0.6 is 11.3 Å². The molecule has 0 N–H and O–H groups in total. The lowest BCUT2D eigenvalue weighted by Crippen LogP contribution is -2.49. The van der Waals surface area contributed by atoms with E-state index in [4.69, 9.17) is 13.8 Å². The van der Waals surface area contributed by atoms with Gasteiger partial charge in [0.1, 0.15) is 11.5 Å². The summed E-state index contributed by atoms with van der Waals surface area (Å²) in [6, 6.07) is 11.2. The second-order valence-electron chi connectivity index (χ2n) is 6.64. The summed E-state index contributed by atoms with van der Waals surface area (Å²) in [5.41, 5.74) is 1.47. The summed E-state index contributed by atoms with van der Waals surface area (Å²) in [6.45, 7) is 2.62. The van der Waals surface area contributed by atoms with E-state index in [1.54, 1.807) is 18.7 Å². The first-order valence-electron chi connectivity index (χ1n) is 9.32. The number of piperazine rings is 1. The van der Waals surface area contributed by atoms with Gasteiger partial charge in [0, 0.05) is 32.4 Å². The first-order chi connectivity index (χ1) is 14.3. The Labute approximate surface area is 171 Å². The van der Waals surface area contributed by atoms with Crippen molar-refractivity contribution in [1.82, 2.24) is 14.9 Å². The van der Waals surface area contributed by atoms with Gasteiger partial charge >= 0.3 is 0 Å². The van der Waals surface area contributed by atoms with Crippen LogP contribution in [0, 0.1) is 0 Å². The van der Waals surface area contributed by atoms with Crippen LogP contribution in [-0.4, -0.2) is 47.0 Å². The van der Waals surface area contributed by atoms with Gasteiger partial charge in [0.15, 0.2) is 5.76 Å². The first kappa shape index (κ1) is 17.7. The van der Waals surface area contributed by atoms with E-state index in [9.17, 15) is 4.79 Å². The molecule has 0 unspecified atom stereocenters. The highest BCUT2D eigenvalue weighted by atomic mass is 32.1. The summed E-state index contributed by atoms with van der Waals surface area (Å²) >= 11 is 1.47. The minimum atomic E-state index is 0.0880. The maximum atomic E-state index is 12.6. The number of furan rings is 2. The second-order valence-corrected chi connectivity index (χ2v) is 7.59. The third-order valence-electron chi connectivity index (χ3n) is 4.90. The molecule has 8 heteroatoms. The molecule has 0 aliphatic carbocycles. The summed E-state index contributed by atoms with van der Waals surface area (Å²) in [6.07, 6.45) is 5.01. The number of hydrogen-bond donors (Lipinski definition) is 0. The Hall–Kier alpha value is -3.39. The first-order valence-corrected chi connectivity index (χ1v) is 10.2. The molecule has 5 heterocycles. The van der Waals surface area contributed by atoms with Gasteiger partial charge in [0.2, 0.25) is 5.95 Å². The van der Waals surface area contributed by atoms with Crippen LogP contribution in [-0.2, 0) is 0 Å². The van der Waals surface area contributed by atoms with Gasteiger partial charge in [0.05, 0.1) is 23.0 Å². The zero-order valence-corrected chi connectivity index (χ0v) is 16.3. The molecule has 0 saturated carbocycles. The Bertz CT molecular complexity index is 1080. The molecule has 0 bridgehead atoms. The van der Waals surface area contributed by atoms with E-state index in [1.165, 1.54) is 11.3 Å². The number of carbonyl (C=O) groups is 1. The maximum Gasteiger partial charge on any atom is 0.264 e. The van der Waals surface area contributed by atoms with Crippen molar-refractivity contribution < 1.29 is 13.6 Å². The predicted octanol–water partition coefficient (Wildman–Crippen LogP) is 4.02. The van der Waals surface area contributed by atoms with E-state index in [0.29, 0.717) is 49.3 Å². The van der Waals surface area contributed by atoms with Gasteiger partial charge < -0.3 is 18.6 Å². The lowest BCUT2D eigenvalue weighted by atomic mass is 10.1. The lowest BCUT2D eigenvalue weighted by molar-refractivity contribution is 0.0751. The molecular weight excluding hydrogens is 388 g/mol. The van der Waals surface area contributed by atoms with Gasteiger partial charge in [-0.15, -0.1) is 11.3 Å². The Morgan fingerprint density at radius 3 is 2.38 bits per heavy atom. The van der Waals surface area contributed by atoms with Gasteiger partial charge in [-0.3, -0.25) is 4.79 Å². The van der Waals surface area contributed by atoms with Gasteiger partial charge in [-0.2, -0.15) is 0 Å². The highest BCUT2D eigenvalue weighted by Crippen LogP contribution is 2.32. The van der Waals surface area contributed by atoms with Crippen LogP contribution < -0.4 is 4.90 Å². The zero-order chi connectivity index (χ0) is 19.6. The van der Waals surface area contributed by atoms with Crippen LogP contribution in [0.5, 0.6) is 0 Å². The monoisotopic (exact) mass is 406 g/mol. The second kappa shape index (κ2) is 7.56. The molecule has 0 atom stereocenters. The van der Waals surface area contributed by atoms with Gasteiger partial charge in [-0.05, 0) is 35.7 Å². The number of nitrogens with zero attached hydrogens (tertiary/aromatic N) is 4. The van der Waals surface area contributed by atoms with Gasteiger partial charge in [-0.25, -0.2) is 9.97 Å². The van der Waals surface area contributed by atoms with Crippen molar-refractivity contribution in [2.24, 2.45) is 0 Å². The summed E-state index contributed by atoms with van der Waals surface area (Å²) < 4.78 is 11.1. The van der Waals surface area contributed by atoms with Crippen LogP contribution in [0.2, 0.25) is 0 Å². The number of amides is 1. The summed E-state index contributed by atoms with van der Waals surface area (Å²) in [5.74, 6) is 2.06. The van der Waals surface area contributed by atoms with Crippen LogP contribution in [0.15, 0.2) is 69.3 Å². The molecule has 0 radical (unpaired) electrons. The minimum absolute atomic E-state index is 0.0880. The van der Waals surface area contributed by atoms with E-state index >= 15 is 0 Å². The summed E-state index contributed by atoms with van der Waals surface area (Å²) in [4.78, 5) is 26.6. The van der Waals surface area contributed by atoms with Crippen LogP contribution in [0.1, 0.15) is 9.67 Å². The highest BCUT2D eigenvalue weighted by molar-refractivity contribution is 7.12. The standard InChI is InChI=1S/C21H18N4O3S/c26-20(18-6-3-13-29-18)24-7-9-25(10-8-24)21-22-14-15(16-4-1-11-27-16)19(23-21)17-5-2-12-28-17/h1-6,11-14H,7-10H2. The van der Waals surface area contributed by atoms with Crippen molar-refractivity contribution in [2.75, 3.05) is 31.1 Å². The topological polar surface area (TPSA) is 75.6 Å². The number of carbonyl (C=O) groups excluding carboxylic acids is 1. The summed E-state index contributed by atoms with van der Waals surface area (Å²) in [7, 11) is 0. The van der Waals surface area contributed by atoms with Crippen molar-refractivity contribution in [2.45, 2.75) is 0 Å². The lowest BCUT2D eigenvalue weighted by Gasteiger charge is -2.34. The van der Waals surface area contributed by atoms with Gasteiger partial charge in [-0.1, -0.05) is 6.07 Å². The van der Waals surface area contributed by atoms with Crippen molar-refractivity contribution in [3.05, 3.63) is 65.4 Å². The Morgan fingerprint density at radius 1 is 0.966 bits per heavy atom. The number of thiophene rings is 1. The quantitative estimate of drug-likeness (QED) is 0.510. The molecule has 1 saturated heterocycles. The van der Waals surface area contributed by atoms with Crippen LogP contribution in [0.3, 0.4) is 0 Å². The normalized spacial score (nSPS) is 14.3. The molecule has 4 aromatic heterocycles. The fraction of sp³-hybridized carbons (Fsp3) is 0.190. The molecule has 5 rings (SSSR count). The van der Waals surface area contributed by atoms with Crippen LogP contribution in [0.25, 0.3) is 22.8 Å². The number of rotatable bonds is 4. The molecular formula is C21H18N4O3S. The molecule has 0 aromatic carbocycles. The molecule has 4 aromatic rings. The van der Waals surface area contributed by atoms with E-state index < -0.39 is 0 Å². The minimum Gasteiger partial charge on any atom is -0.464 e. The Balaban J connectivity index is 1.38. The smallest absolute Gasteiger partial charge is 0.264 e. The van der Waals surface area contributed by atoms with E-state index in [0.717, 1.165) is 10.4 Å². The average Bonchev–Trinajstić information content (AvgIpc) is 3.56. The molecule has 1 amide bonds. The van der Waals surface area contributed by atoms with Crippen molar-refractivity contribution in [3.63, 3.8) is 0 Å². The fourth-order valence-electron chi connectivity index (χ4n) is 3.40. The molecule has 1 aliphatic heterocycles. The number of aromatic nitrogens is 2. The molecule has 29 heavy (non-hydrogen) atoms. The number of hydrogen-bond acceptors (Lipinski definition) is 7. The van der Waals surface area contributed by atoms with E-state index in [1.807, 2.05) is 46.7 Å². The zero-order valence-electron chi connectivity index (χ0n) is 15.5. The van der Waals surface area contributed by atoms with Crippen molar-refractivity contribution >= 4 is 23.2 Å². The third-order valence-corrected chi connectivity index (χ3v) is 5.76. The predicted molar refractivity (Wildman–Crippen MR) is 110 cm³/mol. The Kier molecular flexibility index (Phi) is 4.61. The van der Waals surface area contributed by atoms with Crippen molar-refractivity contribution in [1.29, 1.82) is 0 Å². The third kappa shape index (κ3) is 3.42. The average molecular weight is 406 g/mol. The summed E-state index contributed by atoms with van der Waals surface area (Å²) in [5, 5.41) is 1.92. The SMILES string of the molecule is O=C(c1cccs1)N1CCN(c2ncc(-c3ccco3)c(-c3ccco3)n2)CC1.